The zero-order valence-electron chi connectivity index (χ0n) is 13.6. The Morgan fingerprint density at radius 3 is 3.00 bits per heavy atom. The number of carbonyl (C=O) groups is 2. The summed E-state index contributed by atoms with van der Waals surface area (Å²) < 4.78 is 7.94. The minimum atomic E-state index is -0.365. The molecule has 0 N–H and O–H groups in total. The molecule has 1 saturated heterocycles. The molecule has 23 heavy (non-hydrogen) atoms. The number of likely N-dealkylation sites (tertiary alicyclic amines) is 1. The zero-order chi connectivity index (χ0) is 16.4. The van der Waals surface area contributed by atoms with Gasteiger partial charge in [-0.1, -0.05) is 6.92 Å². The van der Waals surface area contributed by atoms with Crippen molar-refractivity contribution in [2.24, 2.45) is 5.92 Å². The molecule has 2 aromatic heterocycles. The van der Waals surface area contributed by atoms with Crippen LogP contribution in [-0.2, 0) is 16.1 Å². The highest BCUT2D eigenvalue weighted by Gasteiger charge is 2.24. The summed E-state index contributed by atoms with van der Waals surface area (Å²) in [5.74, 6) is 0.254. The first-order valence-electron chi connectivity index (χ1n) is 8.11. The predicted molar refractivity (Wildman–Crippen MR) is 90.7 cm³/mol. The van der Waals surface area contributed by atoms with E-state index in [4.69, 9.17) is 4.74 Å². The molecule has 0 aromatic carbocycles. The largest absolute Gasteiger partial charge is 0.461 e. The quantitative estimate of drug-likeness (QED) is 0.807. The fourth-order valence-corrected chi connectivity index (χ4v) is 3.99. The number of nitrogens with zero attached hydrogens (tertiary/aromatic N) is 2. The van der Waals surface area contributed by atoms with Gasteiger partial charge in [0.25, 0.3) is 0 Å². The lowest BCUT2D eigenvalue weighted by molar-refractivity contribution is -0.133. The molecule has 2 aromatic rings. The van der Waals surface area contributed by atoms with E-state index in [2.05, 4.69) is 6.92 Å². The van der Waals surface area contributed by atoms with Crippen molar-refractivity contribution in [3.05, 3.63) is 23.2 Å². The van der Waals surface area contributed by atoms with Crippen LogP contribution in [0.15, 0.2) is 17.5 Å². The number of esters is 1. The Bertz CT molecular complexity index is 719. The van der Waals surface area contributed by atoms with Gasteiger partial charge in [-0.3, -0.25) is 4.79 Å². The Kier molecular flexibility index (Phi) is 4.71. The van der Waals surface area contributed by atoms with Gasteiger partial charge in [0.05, 0.1) is 16.8 Å². The molecular formula is C17H22N2O3S. The monoisotopic (exact) mass is 334 g/mol. The van der Waals surface area contributed by atoms with Crippen molar-refractivity contribution in [1.82, 2.24) is 9.47 Å². The molecule has 1 atom stereocenters. The van der Waals surface area contributed by atoms with E-state index in [1.807, 2.05) is 22.4 Å². The average Bonchev–Trinajstić information content (AvgIpc) is 3.10. The van der Waals surface area contributed by atoms with Crippen LogP contribution in [0.4, 0.5) is 0 Å². The molecule has 124 valence electrons. The molecule has 0 aliphatic carbocycles. The highest BCUT2D eigenvalue weighted by atomic mass is 32.1. The lowest BCUT2D eigenvalue weighted by Crippen LogP contribution is -2.41. The minimum Gasteiger partial charge on any atom is -0.461 e. The van der Waals surface area contributed by atoms with Crippen molar-refractivity contribution in [1.29, 1.82) is 0 Å². The van der Waals surface area contributed by atoms with Crippen LogP contribution in [0, 0.1) is 5.92 Å². The molecule has 3 rings (SSSR count). The SMILES string of the molecule is CCOC(=O)c1cc2sccc2n1CC(=O)N1CCC[C@@H](C)C1. The van der Waals surface area contributed by atoms with Crippen molar-refractivity contribution < 1.29 is 14.3 Å². The Hall–Kier alpha value is -1.82. The number of hydrogen-bond acceptors (Lipinski definition) is 4. The van der Waals surface area contributed by atoms with E-state index in [0.29, 0.717) is 18.2 Å². The number of thiophene rings is 1. The number of aromatic nitrogens is 1. The lowest BCUT2D eigenvalue weighted by atomic mass is 10.0. The van der Waals surface area contributed by atoms with E-state index in [1.165, 1.54) is 6.42 Å². The van der Waals surface area contributed by atoms with Crippen molar-refractivity contribution in [3.8, 4) is 0 Å². The molecule has 6 heteroatoms. The van der Waals surface area contributed by atoms with Gasteiger partial charge in [0.2, 0.25) is 5.91 Å². The van der Waals surface area contributed by atoms with Crippen LogP contribution in [0.2, 0.25) is 0 Å². The molecule has 1 fully saturated rings. The maximum absolute atomic E-state index is 12.7. The Morgan fingerprint density at radius 2 is 2.26 bits per heavy atom. The zero-order valence-corrected chi connectivity index (χ0v) is 14.4. The third-order valence-electron chi connectivity index (χ3n) is 4.31. The Labute approximate surface area is 139 Å². The van der Waals surface area contributed by atoms with Gasteiger partial charge in [0, 0.05) is 13.1 Å². The van der Waals surface area contributed by atoms with Gasteiger partial charge in [0.1, 0.15) is 12.2 Å². The first-order chi connectivity index (χ1) is 11.1. The lowest BCUT2D eigenvalue weighted by Gasteiger charge is -2.31. The van der Waals surface area contributed by atoms with Crippen LogP contribution >= 0.6 is 11.3 Å². The summed E-state index contributed by atoms with van der Waals surface area (Å²) >= 11 is 1.57. The molecule has 1 aliphatic heterocycles. The Balaban J connectivity index is 1.85. The normalized spacial score (nSPS) is 18.3. The summed E-state index contributed by atoms with van der Waals surface area (Å²) in [5, 5.41) is 1.98. The molecule has 0 unspecified atom stereocenters. The Morgan fingerprint density at radius 1 is 1.43 bits per heavy atom. The molecule has 0 bridgehead atoms. The molecular weight excluding hydrogens is 312 g/mol. The molecule has 1 aliphatic rings. The van der Waals surface area contributed by atoms with E-state index in [0.717, 1.165) is 29.7 Å². The summed E-state index contributed by atoms with van der Waals surface area (Å²) in [4.78, 5) is 26.8. The van der Waals surface area contributed by atoms with Gasteiger partial charge >= 0.3 is 5.97 Å². The van der Waals surface area contributed by atoms with Crippen molar-refractivity contribution in [2.45, 2.75) is 33.2 Å². The second-order valence-corrected chi connectivity index (χ2v) is 7.04. The van der Waals surface area contributed by atoms with Crippen LogP contribution in [0.1, 0.15) is 37.2 Å². The number of amides is 1. The molecule has 0 spiro atoms. The van der Waals surface area contributed by atoms with Crippen molar-refractivity contribution in [3.63, 3.8) is 0 Å². The maximum Gasteiger partial charge on any atom is 0.355 e. The summed E-state index contributed by atoms with van der Waals surface area (Å²) in [6.07, 6.45) is 2.23. The standard InChI is InChI=1S/C17H22N2O3S/c1-3-22-17(21)14-9-15-13(6-8-23-15)19(14)11-16(20)18-7-4-5-12(2)10-18/h6,8-9,12H,3-5,7,10-11H2,1-2H3/t12-/m1/s1. The number of carbonyl (C=O) groups excluding carboxylic acids is 2. The topological polar surface area (TPSA) is 51.5 Å². The summed E-state index contributed by atoms with van der Waals surface area (Å²) in [5.41, 5.74) is 1.39. The van der Waals surface area contributed by atoms with Crippen LogP contribution < -0.4 is 0 Å². The van der Waals surface area contributed by atoms with Gasteiger partial charge in [-0.15, -0.1) is 11.3 Å². The second-order valence-electron chi connectivity index (χ2n) is 6.09. The van der Waals surface area contributed by atoms with Gasteiger partial charge in [-0.05, 0) is 43.2 Å². The number of hydrogen-bond donors (Lipinski definition) is 0. The van der Waals surface area contributed by atoms with Crippen molar-refractivity contribution in [2.75, 3.05) is 19.7 Å². The highest BCUT2D eigenvalue weighted by molar-refractivity contribution is 7.17. The summed E-state index contributed by atoms with van der Waals surface area (Å²) in [6, 6.07) is 3.78. The number of fused-ring (bicyclic) bond motifs is 1. The molecule has 0 radical (unpaired) electrons. The van der Waals surface area contributed by atoms with Gasteiger partial charge in [-0.2, -0.15) is 0 Å². The van der Waals surface area contributed by atoms with E-state index in [-0.39, 0.29) is 18.4 Å². The van der Waals surface area contributed by atoms with E-state index in [1.54, 1.807) is 22.8 Å². The fraction of sp³-hybridized carbons (Fsp3) is 0.529. The number of rotatable bonds is 4. The van der Waals surface area contributed by atoms with E-state index < -0.39 is 0 Å². The molecule has 5 nitrogen and oxygen atoms in total. The van der Waals surface area contributed by atoms with Crippen LogP contribution in [0.5, 0.6) is 0 Å². The molecule has 0 saturated carbocycles. The smallest absolute Gasteiger partial charge is 0.355 e. The maximum atomic E-state index is 12.7. The highest BCUT2D eigenvalue weighted by Crippen LogP contribution is 2.26. The van der Waals surface area contributed by atoms with E-state index >= 15 is 0 Å². The number of ether oxygens (including phenoxy) is 1. The third-order valence-corrected chi connectivity index (χ3v) is 5.16. The van der Waals surface area contributed by atoms with Crippen molar-refractivity contribution >= 4 is 33.4 Å². The van der Waals surface area contributed by atoms with E-state index in [9.17, 15) is 9.59 Å². The van der Waals surface area contributed by atoms with Crippen LogP contribution in [0.25, 0.3) is 10.2 Å². The number of piperidine rings is 1. The predicted octanol–water partition coefficient (Wildman–Crippen LogP) is 3.14. The van der Waals surface area contributed by atoms with Gasteiger partial charge in [0.15, 0.2) is 0 Å². The van der Waals surface area contributed by atoms with Crippen LogP contribution in [-0.4, -0.2) is 41.0 Å². The first-order valence-corrected chi connectivity index (χ1v) is 8.99. The average molecular weight is 334 g/mol. The third kappa shape index (κ3) is 3.27. The second kappa shape index (κ2) is 6.74. The minimum absolute atomic E-state index is 0.0748. The molecule has 1 amide bonds. The fourth-order valence-electron chi connectivity index (χ4n) is 3.17. The summed E-state index contributed by atoms with van der Waals surface area (Å²) in [7, 11) is 0. The van der Waals surface area contributed by atoms with Gasteiger partial charge < -0.3 is 14.2 Å². The summed E-state index contributed by atoms with van der Waals surface area (Å²) in [6.45, 7) is 6.11. The molecule has 3 heterocycles. The first kappa shape index (κ1) is 16.1. The van der Waals surface area contributed by atoms with Crippen LogP contribution in [0.3, 0.4) is 0 Å². The van der Waals surface area contributed by atoms with Gasteiger partial charge in [-0.25, -0.2) is 4.79 Å².